The van der Waals surface area contributed by atoms with Gasteiger partial charge in [-0.3, -0.25) is 0 Å². The normalized spacial score (nSPS) is 29.5. The molecule has 0 radical (unpaired) electrons. The Morgan fingerprint density at radius 2 is 1.86 bits per heavy atom. The number of halogens is 2. The van der Waals surface area contributed by atoms with Crippen molar-refractivity contribution in [1.82, 2.24) is 0 Å². The predicted molar refractivity (Wildman–Crippen MR) is 89.8 cm³/mol. The highest BCUT2D eigenvalue weighted by atomic mass is 79.9. The van der Waals surface area contributed by atoms with E-state index in [1.165, 1.54) is 0 Å². The van der Waals surface area contributed by atoms with Crippen molar-refractivity contribution in [2.45, 2.75) is 48.8 Å². The van der Waals surface area contributed by atoms with Crippen molar-refractivity contribution in [3.63, 3.8) is 0 Å². The highest BCUT2D eigenvalue weighted by molar-refractivity contribution is 9.09. The van der Waals surface area contributed by atoms with E-state index in [-0.39, 0.29) is 9.72 Å². The average Bonchev–Trinajstić information content (AvgIpc) is 2.32. The molecule has 1 fully saturated rings. The lowest BCUT2D eigenvalue weighted by Crippen LogP contribution is -2.63. The lowest BCUT2D eigenvalue weighted by Gasteiger charge is -2.37. The van der Waals surface area contributed by atoms with E-state index in [1.54, 1.807) is 13.8 Å². The number of hydroxylamine groups is 2. The SMILES string of the molecule is Cc1cc(C)c(S(=O)(=O)O[N+]2(N)CCC(Br)CC2Cl)c(C)c1. The Morgan fingerprint density at radius 1 is 1.32 bits per heavy atom. The van der Waals surface area contributed by atoms with E-state index in [4.69, 9.17) is 21.7 Å². The summed E-state index contributed by atoms with van der Waals surface area (Å²) in [6.45, 7) is 5.75. The van der Waals surface area contributed by atoms with Gasteiger partial charge in [-0.15, -0.1) is 5.84 Å². The van der Waals surface area contributed by atoms with Gasteiger partial charge in [0.25, 0.3) is 0 Å². The Hall–Kier alpha value is -0.180. The van der Waals surface area contributed by atoms with Gasteiger partial charge >= 0.3 is 10.1 Å². The number of aryl methyl sites for hydroxylation is 3. The Morgan fingerprint density at radius 3 is 2.36 bits per heavy atom. The maximum absolute atomic E-state index is 12.7. The zero-order valence-corrected chi connectivity index (χ0v) is 16.0. The number of alkyl halides is 2. The number of quaternary nitrogens is 1. The zero-order chi connectivity index (χ0) is 16.7. The molecule has 2 rings (SSSR count). The Balaban J connectivity index is 2.36. The Kier molecular flexibility index (Phi) is 5.26. The molecule has 1 aliphatic rings. The summed E-state index contributed by atoms with van der Waals surface area (Å²) in [7, 11) is -4.00. The van der Waals surface area contributed by atoms with Crippen LogP contribution in [0.25, 0.3) is 0 Å². The summed E-state index contributed by atoms with van der Waals surface area (Å²) in [6.07, 6.45) is 1.24. The summed E-state index contributed by atoms with van der Waals surface area (Å²) in [4.78, 5) is 0.393. The second-order valence-electron chi connectivity index (χ2n) is 5.89. The van der Waals surface area contributed by atoms with Crippen LogP contribution in [0, 0.1) is 20.8 Å². The molecule has 0 bridgehead atoms. The van der Waals surface area contributed by atoms with Crippen molar-refractivity contribution in [3.8, 4) is 0 Å². The van der Waals surface area contributed by atoms with Crippen LogP contribution in [0.4, 0.5) is 0 Å². The molecular weight excluding hydrogens is 392 g/mol. The smallest absolute Gasteiger partial charge is 0.189 e. The monoisotopic (exact) mass is 411 g/mol. The van der Waals surface area contributed by atoms with Crippen LogP contribution in [0.5, 0.6) is 0 Å². The van der Waals surface area contributed by atoms with E-state index in [1.807, 2.05) is 19.1 Å². The molecular formula is C14H21BrClN2O3S+. The average molecular weight is 413 g/mol. The summed E-state index contributed by atoms with van der Waals surface area (Å²) in [5, 5.41) is 0. The van der Waals surface area contributed by atoms with Gasteiger partial charge in [-0.05, 0) is 36.2 Å². The van der Waals surface area contributed by atoms with Crippen LogP contribution in [0.2, 0.25) is 0 Å². The van der Waals surface area contributed by atoms with Gasteiger partial charge in [0.05, 0.1) is 0 Å². The highest BCUT2D eigenvalue weighted by Crippen LogP contribution is 2.33. The number of nitrogens with two attached hydrogens (primary N) is 1. The molecule has 0 aliphatic carbocycles. The fraction of sp³-hybridized carbons (Fsp3) is 0.571. The van der Waals surface area contributed by atoms with Gasteiger partial charge in [-0.25, -0.2) is 0 Å². The Labute approximate surface area is 145 Å². The molecule has 1 aliphatic heterocycles. The van der Waals surface area contributed by atoms with Gasteiger partial charge in [0, 0.05) is 17.7 Å². The molecule has 22 heavy (non-hydrogen) atoms. The third-order valence-electron chi connectivity index (χ3n) is 3.81. The van der Waals surface area contributed by atoms with E-state index < -0.39 is 20.4 Å². The second-order valence-corrected chi connectivity index (χ2v) is 9.15. The Bertz CT molecular complexity index is 660. The fourth-order valence-electron chi connectivity index (χ4n) is 2.85. The van der Waals surface area contributed by atoms with Crippen molar-refractivity contribution in [3.05, 3.63) is 28.8 Å². The molecule has 5 nitrogen and oxygen atoms in total. The van der Waals surface area contributed by atoms with Crippen LogP contribution >= 0.6 is 27.5 Å². The largest absolute Gasteiger partial charge is 0.345 e. The number of hydrogen-bond donors (Lipinski definition) is 1. The van der Waals surface area contributed by atoms with E-state index >= 15 is 0 Å². The van der Waals surface area contributed by atoms with Crippen LogP contribution in [-0.4, -0.2) is 30.0 Å². The highest BCUT2D eigenvalue weighted by Gasteiger charge is 2.46. The minimum absolute atomic E-state index is 0.172. The van der Waals surface area contributed by atoms with Crippen LogP contribution in [0.3, 0.4) is 0 Å². The molecule has 1 aromatic rings. The number of rotatable bonds is 3. The maximum atomic E-state index is 12.7. The van der Waals surface area contributed by atoms with Gasteiger partial charge in [-0.2, -0.15) is 8.42 Å². The standard InChI is InChI=1S/C14H21BrClN2O3S/c1-9-6-10(2)14(11(3)7-9)22(19,20)21-18(17)5-4-12(15)8-13(18)16/h6-7,12-13H,4-5,8,17H2,1-3H3/q+1. The minimum Gasteiger partial charge on any atom is -0.189 e. The first kappa shape index (κ1) is 18.2. The first-order valence-corrected chi connectivity index (χ1v) is 9.80. The summed E-state index contributed by atoms with van der Waals surface area (Å²) in [6, 6.07) is 3.62. The van der Waals surface area contributed by atoms with E-state index in [2.05, 4.69) is 15.9 Å². The molecule has 1 heterocycles. The number of piperidine rings is 1. The maximum Gasteiger partial charge on any atom is 0.345 e. The van der Waals surface area contributed by atoms with Crippen LogP contribution in [0.15, 0.2) is 17.0 Å². The third-order valence-corrected chi connectivity index (χ3v) is 6.77. The molecule has 124 valence electrons. The van der Waals surface area contributed by atoms with Crippen LogP contribution < -0.4 is 5.84 Å². The van der Waals surface area contributed by atoms with Gasteiger partial charge in [-0.1, -0.05) is 50.0 Å². The van der Waals surface area contributed by atoms with Gasteiger partial charge < -0.3 is 0 Å². The molecule has 3 unspecified atom stereocenters. The number of nitrogens with zero attached hydrogens (tertiary/aromatic N) is 1. The van der Waals surface area contributed by atoms with Crippen molar-refractivity contribution < 1.29 is 17.5 Å². The quantitative estimate of drug-likeness (QED) is 0.358. The van der Waals surface area contributed by atoms with Gasteiger partial charge in [0.2, 0.25) is 5.50 Å². The molecule has 0 saturated carbocycles. The summed E-state index contributed by atoms with van der Waals surface area (Å²) in [5.41, 5.74) is 1.66. The topological polar surface area (TPSA) is 69.4 Å². The first-order valence-electron chi connectivity index (χ1n) is 7.04. The lowest BCUT2D eigenvalue weighted by atomic mass is 10.1. The fourth-order valence-corrected chi connectivity index (χ4v) is 5.55. The molecule has 0 spiro atoms. The zero-order valence-electron chi connectivity index (χ0n) is 12.8. The minimum atomic E-state index is -4.00. The molecule has 3 atom stereocenters. The van der Waals surface area contributed by atoms with Crippen LogP contribution in [-0.2, 0) is 14.4 Å². The molecule has 8 heteroatoms. The van der Waals surface area contributed by atoms with Gasteiger partial charge in [0.15, 0.2) is 0 Å². The second kappa shape index (κ2) is 6.37. The summed E-state index contributed by atoms with van der Waals surface area (Å²) >= 11 is 9.73. The predicted octanol–water partition coefficient (Wildman–Crippen LogP) is 3.04. The van der Waals surface area contributed by atoms with Crippen molar-refractivity contribution in [2.75, 3.05) is 6.54 Å². The van der Waals surface area contributed by atoms with Crippen molar-refractivity contribution >= 4 is 37.6 Å². The molecule has 0 amide bonds. The van der Waals surface area contributed by atoms with Crippen LogP contribution in [0.1, 0.15) is 29.5 Å². The summed E-state index contributed by atoms with van der Waals surface area (Å²) < 4.78 is 30.1. The lowest BCUT2D eigenvalue weighted by molar-refractivity contribution is -1.10. The van der Waals surface area contributed by atoms with E-state index in [0.717, 1.165) is 5.56 Å². The first-order chi connectivity index (χ1) is 10.0. The van der Waals surface area contributed by atoms with E-state index in [0.29, 0.717) is 30.5 Å². The molecule has 1 aromatic carbocycles. The molecule has 1 saturated heterocycles. The molecule has 0 aromatic heterocycles. The number of benzene rings is 1. The van der Waals surface area contributed by atoms with Gasteiger partial charge in [0.1, 0.15) is 11.4 Å². The van der Waals surface area contributed by atoms with E-state index in [9.17, 15) is 8.42 Å². The number of hydrogen-bond acceptors (Lipinski definition) is 4. The van der Waals surface area contributed by atoms with Crippen molar-refractivity contribution in [1.29, 1.82) is 0 Å². The third kappa shape index (κ3) is 3.66. The van der Waals surface area contributed by atoms with Crippen molar-refractivity contribution in [2.24, 2.45) is 5.84 Å². The summed E-state index contributed by atoms with van der Waals surface area (Å²) in [5.74, 6) is 6.10. The molecule has 2 N–H and O–H groups in total.